The second kappa shape index (κ2) is 7.24. The molecule has 0 unspecified atom stereocenters. The van der Waals surface area contributed by atoms with E-state index in [-0.39, 0.29) is 5.97 Å². The molecule has 0 saturated carbocycles. The normalized spacial score (nSPS) is 11.0. The van der Waals surface area contributed by atoms with Gasteiger partial charge in [0.05, 0.1) is 13.7 Å². The average molecular weight is 283 g/mol. The third kappa shape index (κ3) is 3.92. The molecule has 0 spiro atoms. The fourth-order valence-corrected chi connectivity index (χ4v) is 1.90. The van der Waals surface area contributed by atoms with E-state index in [0.717, 1.165) is 11.4 Å². The monoisotopic (exact) mass is 283 g/mol. The van der Waals surface area contributed by atoms with Gasteiger partial charge >= 0.3 is 5.97 Å². The molecule has 0 atom stereocenters. The first-order chi connectivity index (χ1) is 10.2. The summed E-state index contributed by atoms with van der Waals surface area (Å²) in [6.45, 7) is 2.16. The molecule has 108 valence electrons. The molecular weight excluding hydrogens is 264 g/mol. The average Bonchev–Trinajstić information content (AvgIpc) is 2.54. The molecule has 0 aromatic heterocycles. The van der Waals surface area contributed by atoms with E-state index in [2.05, 4.69) is 5.32 Å². The van der Waals surface area contributed by atoms with Gasteiger partial charge in [0.2, 0.25) is 6.34 Å². The van der Waals surface area contributed by atoms with Gasteiger partial charge in [-0.25, -0.2) is 14.7 Å². The number of nitrogens with zero attached hydrogens (tertiary/aromatic N) is 1. The van der Waals surface area contributed by atoms with Crippen molar-refractivity contribution < 1.29 is 14.1 Å². The van der Waals surface area contributed by atoms with Crippen LogP contribution in [0.5, 0.6) is 0 Å². The van der Waals surface area contributed by atoms with Crippen LogP contribution in [0.2, 0.25) is 0 Å². The van der Waals surface area contributed by atoms with Crippen molar-refractivity contribution in [1.29, 1.82) is 0 Å². The fraction of sp³-hybridized carbons (Fsp3) is 0.176. The maximum absolute atomic E-state index is 11.9. The predicted molar refractivity (Wildman–Crippen MR) is 84.4 cm³/mol. The number of esters is 1. The van der Waals surface area contributed by atoms with Crippen LogP contribution < -0.4 is 5.32 Å². The van der Waals surface area contributed by atoms with Crippen LogP contribution in [0.1, 0.15) is 17.3 Å². The molecule has 21 heavy (non-hydrogen) atoms. The number of hydrogen-bond donors (Lipinski definition) is 1. The number of hydrogen-bond acceptors (Lipinski definition) is 2. The molecule has 0 radical (unpaired) electrons. The van der Waals surface area contributed by atoms with Crippen LogP contribution in [-0.2, 0) is 4.74 Å². The Balaban J connectivity index is 2.19. The zero-order chi connectivity index (χ0) is 15.1. The maximum atomic E-state index is 11.9. The Kier molecular flexibility index (Phi) is 5.10. The highest BCUT2D eigenvalue weighted by molar-refractivity contribution is 5.97. The number of para-hydroxylation sites is 2. The number of anilines is 1. The van der Waals surface area contributed by atoms with Crippen molar-refractivity contribution in [3.05, 3.63) is 60.2 Å². The molecule has 4 heteroatoms. The summed E-state index contributed by atoms with van der Waals surface area (Å²) in [7, 11) is 1.94. The molecular formula is C17H19N2O2+. The van der Waals surface area contributed by atoms with E-state index < -0.39 is 0 Å². The number of benzene rings is 2. The number of nitrogens with one attached hydrogen (secondary N) is 1. The van der Waals surface area contributed by atoms with Crippen molar-refractivity contribution >= 4 is 23.7 Å². The number of ether oxygens (including phenoxy) is 1. The van der Waals surface area contributed by atoms with Gasteiger partial charge in [0.1, 0.15) is 16.9 Å². The van der Waals surface area contributed by atoms with Crippen molar-refractivity contribution in [3.8, 4) is 0 Å². The minimum absolute atomic E-state index is 0.323. The van der Waals surface area contributed by atoms with Crippen LogP contribution >= 0.6 is 0 Å². The third-order valence-corrected chi connectivity index (χ3v) is 3.00. The Morgan fingerprint density at radius 1 is 1.14 bits per heavy atom. The quantitative estimate of drug-likeness (QED) is 0.396. The van der Waals surface area contributed by atoms with Gasteiger partial charge in [-0.15, -0.1) is 0 Å². The zero-order valence-electron chi connectivity index (χ0n) is 12.2. The Morgan fingerprint density at radius 3 is 2.52 bits per heavy atom. The van der Waals surface area contributed by atoms with E-state index in [4.69, 9.17) is 4.74 Å². The van der Waals surface area contributed by atoms with E-state index in [1.807, 2.05) is 66.5 Å². The van der Waals surface area contributed by atoms with Crippen molar-refractivity contribution in [1.82, 2.24) is 0 Å². The topological polar surface area (TPSA) is 41.3 Å². The second-order valence-electron chi connectivity index (χ2n) is 4.49. The van der Waals surface area contributed by atoms with Gasteiger partial charge in [-0.05, 0) is 31.2 Å². The number of carbonyl (C=O) groups excluding carboxylic acids is 1. The summed E-state index contributed by atoms with van der Waals surface area (Å²) in [4.78, 5) is 11.9. The van der Waals surface area contributed by atoms with Gasteiger partial charge in [-0.3, -0.25) is 0 Å². The lowest BCUT2D eigenvalue weighted by molar-refractivity contribution is -0.399. The Labute approximate surface area is 124 Å². The van der Waals surface area contributed by atoms with Gasteiger partial charge in [-0.1, -0.05) is 30.3 Å². The van der Waals surface area contributed by atoms with Gasteiger partial charge in [0.25, 0.3) is 0 Å². The Morgan fingerprint density at radius 2 is 1.81 bits per heavy atom. The van der Waals surface area contributed by atoms with E-state index in [1.165, 1.54) is 0 Å². The van der Waals surface area contributed by atoms with Crippen LogP contribution in [-0.4, -0.2) is 30.5 Å². The summed E-state index contributed by atoms with van der Waals surface area (Å²) in [5.41, 5.74) is 2.30. The lowest BCUT2D eigenvalue weighted by Crippen LogP contribution is -2.12. The van der Waals surface area contributed by atoms with Gasteiger partial charge < -0.3 is 4.74 Å². The smallest absolute Gasteiger partial charge is 0.342 e. The first kappa shape index (κ1) is 14.8. The first-order valence-electron chi connectivity index (χ1n) is 6.86. The Bertz CT molecular complexity index is 636. The van der Waals surface area contributed by atoms with Crippen LogP contribution in [0.4, 0.5) is 11.4 Å². The van der Waals surface area contributed by atoms with Gasteiger partial charge in [0.15, 0.2) is 0 Å². The molecule has 0 aliphatic heterocycles. The van der Waals surface area contributed by atoms with Crippen LogP contribution in [0.3, 0.4) is 0 Å². The summed E-state index contributed by atoms with van der Waals surface area (Å²) >= 11 is 0. The van der Waals surface area contributed by atoms with Crippen molar-refractivity contribution in [2.75, 3.05) is 19.0 Å². The van der Waals surface area contributed by atoms with Crippen molar-refractivity contribution in [3.63, 3.8) is 0 Å². The number of carbonyl (C=O) groups is 1. The molecule has 0 aliphatic rings. The Hall–Kier alpha value is -2.62. The molecule has 0 fully saturated rings. The SMILES string of the molecule is CCOC(=O)c1ccccc1NC=[N+](C)c1ccccc1. The lowest BCUT2D eigenvalue weighted by Gasteiger charge is -2.05. The van der Waals surface area contributed by atoms with E-state index in [9.17, 15) is 4.79 Å². The first-order valence-corrected chi connectivity index (χ1v) is 6.86. The van der Waals surface area contributed by atoms with Crippen molar-refractivity contribution in [2.45, 2.75) is 6.92 Å². The molecule has 0 amide bonds. The highest BCUT2D eigenvalue weighted by Crippen LogP contribution is 2.16. The predicted octanol–water partition coefficient (Wildman–Crippen LogP) is 3.28. The van der Waals surface area contributed by atoms with Crippen LogP contribution in [0.15, 0.2) is 54.6 Å². The third-order valence-electron chi connectivity index (χ3n) is 3.00. The summed E-state index contributed by atoms with van der Waals surface area (Å²) < 4.78 is 7.00. The molecule has 4 nitrogen and oxygen atoms in total. The minimum Gasteiger partial charge on any atom is -0.462 e. The minimum atomic E-state index is -0.323. The molecule has 0 bridgehead atoms. The highest BCUT2D eigenvalue weighted by atomic mass is 16.5. The van der Waals surface area contributed by atoms with Crippen LogP contribution in [0.25, 0.3) is 0 Å². The lowest BCUT2D eigenvalue weighted by atomic mass is 10.2. The molecule has 2 rings (SSSR count). The van der Waals surface area contributed by atoms with Crippen LogP contribution in [0, 0.1) is 0 Å². The molecule has 1 N–H and O–H groups in total. The standard InChI is InChI=1S/C17H18N2O2/c1-3-21-17(20)15-11-7-8-12-16(15)18-13-19(2)14-9-5-4-6-10-14/h4-13H,3H2,1-2H3/p+1. The maximum Gasteiger partial charge on any atom is 0.342 e. The zero-order valence-corrected chi connectivity index (χ0v) is 12.2. The van der Waals surface area contributed by atoms with Gasteiger partial charge in [0, 0.05) is 0 Å². The van der Waals surface area contributed by atoms with E-state index in [1.54, 1.807) is 13.0 Å². The number of rotatable bonds is 5. The van der Waals surface area contributed by atoms with Crippen molar-refractivity contribution in [2.24, 2.45) is 0 Å². The van der Waals surface area contributed by atoms with E-state index in [0.29, 0.717) is 12.2 Å². The second-order valence-corrected chi connectivity index (χ2v) is 4.49. The molecule has 0 saturated heterocycles. The molecule has 2 aromatic carbocycles. The molecule has 0 aliphatic carbocycles. The highest BCUT2D eigenvalue weighted by Gasteiger charge is 2.13. The molecule has 2 aromatic rings. The summed E-state index contributed by atoms with van der Waals surface area (Å²) in [5.74, 6) is -0.323. The fourth-order valence-electron chi connectivity index (χ4n) is 1.90. The van der Waals surface area contributed by atoms with Gasteiger partial charge in [-0.2, -0.15) is 0 Å². The summed E-state index contributed by atoms with van der Waals surface area (Å²) in [6, 6.07) is 17.2. The van der Waals surface area contributed by atoms with E-state index >= 15 is 0 Å². The summed E-state index contributed by atoms with van der Waals surface area (Å²) in [5, 5.41) is 3.15. The largest absolute Gasteiger partial charge is 0.462 e. The molecule has 0 heterocycles. The summed E-state index contributed by atoms with van der Waals surface area (Å²) in [6.07, 6.45) is 1.81.